The molecule has 29 heavy (non-hydrogen) atoms. The number of thioether (sulfide) groups is 1. The van der Waals surface area contributed by atoms with Crippen molar-refractivity contribution in [1.82, 2.24) is 24.4 Å². The predicted octanol–water partition coefficient (Wildman–Crippen LogP) is 3.79. The highest BCUT2D eigenvalue weighted by molar-refractivity contribution is 7.98. The van der Waals surface area contributed by atoms with E-state index in [1.54, 1.807) is 11.8 Å². The number of aromatic nitrogens is 4. The highest BCUT2D eigenvalue weighted by Gasteiger charge is 2.44. The van der Waals surface area contributed by atoms with Crippen LogP contribution in [0.25, 0.3) is 11.0 Å². The van der Waals surface area contributed by atoms with Gasteiger partial charge in [0.2, 0.25) is 0 Å². The second kappa shape index (κ2) is 6.73. The highest BCUT2D eigenvalue weighted by Crippen LogP contribution is 2.54. The Balaban J connectivity index is 1.48. The number of hydrazone groups is 1. The van der Waals surface area contributed by atoms with Crippen LogP contribution in [-0.2, 0) is 7.05 Å². The van der Waals surface area contributed by atoms with E-state index in [-0.39, 0.29) is 6.17 Å². The van der Waals surface area contributed by atoms with Crippen molar-refractivity contribution < 1.29 is 0 Å². The fourth-order valence-corrected chi connectivity index (χ4v) is 4.50. The Morgan fingerprint density at radius 1 is 1.07 bits per heavy atom. The molecular weight excluding hydrogens is 382 g/mol. The van der Waals surface area contributed by atoms with Gasteiger partial charge in [0.05, 0.1) is 16.7 Å². The molecule has 150 valence electrons. The number of nitrogens with zero attached hydrogens (tertiary/aromatic N) is 7. The maximum Gasteiger partial charge on any atom is 0.189 e. The van der Waals surface area contributed by atoms with Crippen LogP contribution in [0.3, 0.4) is 0 Å². The quantitative estimate of drug-likeness (QED) is 0.484. The summed E-state index contributed by atoms with van der Waals surface area (Å²) in [6.07, 6.45) is 3.23. The molecule has 1 aliphatic carbocycles. The number of hydrogen-bond donors (Lipinski definition) is 0. The summed E-state index contributed by atoms with van der Waals surface area (Å²) >= 11 is 1.58. The molecule has 2 aromatic heterocycles. The van der Waals surface area contributed by atoms with E-state index in [0.717, 1.165) is 40.3 Å². The van der Waals surface area contributed by atoms with Gasteiger partial charge in [-0.05, 0) is 38.7 Å². The summed E-state index contributed by atoms with van der Waals surface area (Å²) in [6.45, 7) is 4.16. The molecule has 0 N–H and O–H groups in total. The summed E-state index contributed by atoms with van der Waals surface area (Å²) in [6, 6.07) is 10.4. The van der Waals surface area contributed by atoms with Gasteiger partial charge in [-0.3, -0.25) is 0 Å². The summed E-state index contributed by atoms with van der Waals surface area (Å²) in [5, 5.41) is 7.48. The summed E-state index contributed by atoms with van der Waals surface area (Å²) in [5.74, 6) is 3.77. The van der Waals surface area contributed by atoms with Crippen molar-refractivity contribution in [3.8, 4) is 0 Å². The van der Waals surface area contributed by atoms with E-state index in [9.17, 15) is 0 Å². The number of rotatable bonds is 4. The number of hydrogen-bond acceptors (Lipinski definition) is 7. The first-order valence-corrected chi connectivity index (χ1v) is 11.1. The van der Waals surface area contributed by atoms with Crippen LogP contribution in [0.2, 0.25) is 0 Å². The van der Waals surface area contributed by atoms with Crippen LogP contribution in [-0.4, -0.2) is 49.7 Å². The van der Waals surface area contributed by atoms with E-state index < -0.39 is 0 Å². The van der Waals surface area contributed by atoms with Crippen LogP contribution < -0.4 is 5.01 Å². The average molecular weight is 408 g/mol. The van der Waals surface area contributed by atoms with Crippen molar-refractivity contribution in [3.05, 3.63) is 41.9 Å². The van der Waals surface area contributed by atoms with Gasteiger partial charge < -0.3 is 9.47 Å². The topological polar surface area (TPSA) is 62.4 Å². The van der Waals surface area contributed by atoms with Gasteiger partial charge in [0.25, 0.3) is 0 Å². The van der Waals surface area contributed by atoms with Crippen LogP contribution in [0.4, 0.5) is 5.82 Å². The largest absolute Gasteiger partial charge is 0.340 e. The smallest absolute Gasteiger partial charge is 0.189 e. The van der Waals surface area contributed by atoms with E-state index in [1.807, 2.05) is 24.3 Å². The maximum atomic E-state index is 4.90. The van der Waals surface area contributed by atoms with Crippen LogP contribution in [0.1, 0.15) is 43.6 Å². The van der Waals surface area contributed by atoms with Crippen molar-refractivity contribution in [2.45, 2.75) is 43.4 Å². The molecule has 1 fully saturated rings. The molecule has 3 heterocycles. The van der Waals surface area contributed by atoms with Gasteiger partial charge in [-0.15, -0.1) is 0 Å². The fraction of sp³-hybridized carbons (Fsp3) is 0.429. The molecule has 0 spiro atoms. The summed E-state index contributed by atoms with van der Waals surface area (Å²) < 4.78 is 2.22. The van der Waals surface area contributed by atoms with E-state index >= 15 is 0 Å². The van der Waals surface area contributed by atoms with Gasteiger partial charge in [-0.2, -0.15) is 5.10 Å². The lowest BCUT2D eigenvalue weighted by Crippen LogP contribution is -2.36. The number of imidazole rings is 1. The van der Waals surface area contributed by atoms with Crippen molar-refractivity contribution in [1.29, 1.82) is 0 Å². The molecule has 3 aromatic rings. The number of aryl methyl sites for hydroxylation is 1. The minimum absolute atomic E-state index is 0.141. The van der Waals surface area contributed by atoms with Crippen molar-refractivity contribution in [2.24, 2.45) is 12.1 Å². The average Bonchev–Trinajstić information content (AvgIpc) is 3.41. The minimum Gasteiger partial charge on any atom is -0.340 e. The Hall–Kier alpha value is -2.61. The lowest BCUT2D eigenvalue weighted by atomic mass is 10.2. The summed E-state index contributed by atoms with van der Waals surface area (Å²) in [7, 11) is 4.17. The van der Waals surface area contributed by atoms with Crippen molar-refractivity contribution >= 4 is 34.4 Å². The standard InChI is InChI=1S/C21H25N7S/c1-12-25-28(13(2)26(12)3)19-11-17(23-21(24-19)29-5)14-10-15(14)20-22-16-8-6-7-9-18(16)27(20)4/h6-9,11,13-15H,10H2,1-5H3/t13?,14?,15-/m0/s1. The Kier molecular flexibility index (Phi) is 4.27. The molecule has 2 unspecified atom stereocenters. The summed E-state index contributed by atoms with van der Waals surface area (Å²) in [4.78, 5) is 16.6. The Labute approximate surface area is 174 Å². The molecule has 5 rings (SSSR count). The number of anilines is 1. The molecule has 7 nitrogen and oxygen atoms in total. The number of amidine groups is 1. The van der Waals surface area contributed by atoms with E-state index in [0.29, 0.717) is 11.8 Å². The minimum atomic E-state index is 0.141. The fourth-order valence-electron chi connectivity index (χ4n) is 4.12. The SMILES string of the molecule is CSc1nc(C2C[C@@H]2c2nc3ccccc3n2C)cc(N2N=C(C)N(C)C2C)n1. The van der Waals surface area contributed by atoms with Gasteiger partial charge >= 0.3 is 0 Å². The summed E-state index contributed by atoms with van der Waals surface area (Å²) in [5.41, 5.74) is 3.33. The first-order chi connectivity index (χ1) is 14.0. The molecule has 1 saturated carbocycles. The zero-order valence-corrected chi connectivity index (χ0v) is 18.2. The molecule has 0 bridgehead atoms. The molecule has 3 atom stereocenters. The zero-order valence-electron chi connectivity index (χ0n) is 17.4. The molecule has 2 aliphatic rings. The molecule has 1 aromatic carbocycles. The lowest BCUT2D eigenvalue weighted by molar-refractivity contribution is 0.409. The first-order valence-electron chi connectivity index (χ1n) is 9.89. The third-order valence-electron chi connectivity index (χ3n) is 6.13. The first kappa shape index (κ1) is 18.4. The normalized spacial score (nSPS) is 23.8. The van der Waals surface area contributed by atoms with Gasteiger partial charge in [0, 0.05) is 32.0 Å². The molecule has 0 radical (unpaired) electrons. The second-order valence-corrected chi connectivity index (χ2v) is 8.61. The molecule has 0 saturated heterocycles. The molecule has 0 amide bonds. The zero-order chi connectivity index (χ0) is 20.3. The molecular formula is C21H25N7S. The Bertz CT molecular complexity index is 1120. The van der Waals surface area contributed by atoms with E-state index in [2.05, 4.69) is 54.8 Å². The number of fused-ring (bicyclic) bond motifs is 1. The number of para-hydroxylation sites is 2. The Morgan fingerprint density at radius 2 is 1.86 bits per heavy atom. The van der Waals surface area contributed by atoms with Crippen LogP contribution in [0.5, 0.6) is 0 Å². The van der Waals surface area contributed by atoms with E-state index in [4.69, 9.17) is 20.1 Å². The third-order valence-corrected chi connectivity index (χ3v) is 6.68. The number of benzene rings is 1. The van der Waals surface area contributed by atoms with Gasteiger partial charge in [0.15, 0.2) is 11.0 Å². The second-order valence-electron chi connectivity index (χ2n) is 7.84. The van der Waals surface area contributed by atoms with E-state index in [1.165, 1.54) is 5.52 Å². The van der Waals surface area contributed by atoms with Gasteiger partial charge in [-0.1, -0.05) is 23.9 Å². The van der Waals surface area contributed by atoms with Gasteiger partial charge in [0.1, 0.15) is 17.8 Å². The third kappa shape index (κ3) is 2.97. The lowest BCUT2D eigenvalue weighted by Gasteiger charge is -2.24. The van der Waals surface area contributed by atoms with Gasteiger partial charge in [-0.25, -0.2) is 20.0 Å². The van der Waals surface area contributed by atoms with Crippen molar-refractivity contribution in [2.75, 3.05) is 18.3 Å². The highest BCUT2D eigenvalue weighted by atomic mass is 32.2. The molecule has 8 heteroatoms. The monoisotopic (exact) mass is 407 g/mol. The van der Waals surface area contributed by atoms with Crippen molar-refractivity contribution in [3.63, 3.8) is 0 Å². The van der Waals surface area contributed by atoms with Crippen LogP contribution in [0, 0.1) is 0 Å². The molecule has 1 aliphatic heterocycles. The Morgan fingerprint density at radius 3 is 2.55 bits per heavy atom. The van der Waals surface area contributed by atoms with Crippen LogP contribution >= 0.6 is 11.8 Å². The predicted molar refractivity (Wildman–Crippen MR) is 117 cm³/mol. The maximum absolute atomic E-state index is 4.90. The van der Waals surface area contributed by atoms with Crippen LogP contribution in [0.15, 0.2) is 40.6 Å².